The third kappa shape index (κ3) is 26.0. The molecule has 0 radical (unpaired) electrons. The minimum Gasteiger partial charge on any atom is -0.491 e. The Kier molecular flexibility index (Phi) is 28.6. The van der Waals surface area contributed by atoms with Crippen molar-refractivity contribution in [3.8, 4) is 5.75 Å². The zero-order chi connectivity index (χ0) is 37.9. The highest BCUT2D eigenvalue weighted by Gasteiger charge is 2.07. The molecule has 2 aromatic carbocycles. The molecule has 0 saturated carbocycles. The molecule has 0 aliphatic carbocycles. The summed E-state index contributed by atoms with van der Waals surface area (Å²) in [5.41, 5.74) is 1.52. The molecule has 0 atom stereocenters. The van der Waals surface area contributed by atoms with Crippen LogP contribution in [0, 0.1) is 10.1 Å². The number of unbranched alkanes of at least 4 members (excludes halogenated alkanes) is 1. The van der Waals surface area contributed by atoms with Gasteiger partial charge in [0.25, 0.3) is 5.69 Å². The molecule has 0 spiro atoms. The minimum atomic E-state index is -0.454. The Labute approximate surface area is 312 Å². The maximum atomic E-state index is 12.1. The van der Waals surface area contributed by atoms with Crippen LogP contribution >= 0.6 is 0 Å². The predicted molar refractivity (Wildman–Crippen MR) is 196 cm³/mol. The standard InChI is InChI=1S/C37H58N2O14/c1-2-3-12-38-34-6-4-33(5-7-34)37(40)53-32-30-51-28-26-49-24-22-47-20-18-45-16-14-43-13-15-44-17-19-46-21-23-48-25-27-50-29-31-52-36-10-8-35(9-11-36)39(41)42/h4-11,38H,2-3,12-32H2,1H3. The number of nitrogens with zero attached hydrogens (tertiary/aromatic N) is 1. The van der Waals surface area contributed by atoms with Crippen molar-refractivity contribution >= 4 is 17.3 Å². The molecule has 0 amide bonds. The van der Waals surface area contributed by atoms with Crippen LogP contribution in [0.15, 0.2) is 48.5 Å². The van der Waals surface area contributed by atoms with E-state index in [-0.39, 0.29) is 18.3 Å². The second-order valence-electron chi connectivity index (χ2n) is 11.1. The first kappa shape index (κ1) is 45.7. The van der Waals surface area contributed by atoms with Crippen LogP contribution in [0.5, 0.6) is 5.75 Å². The number of nitro benzene ring substituents is 1. The molecular weight excluding hydrogens is 696 g/mol. The van der Waals surface area contributed by atoms with E-state index in [1.807, 2.05) is 12.1 Å². The van der Waals surface area contributed by atoms with E-state index in [9.17, 15) is 14.9 Å². The number of carbonyl (C=O) groups excluding carboxylic acids is 1. The van der Waals surface area contributed by atoms with E-state index < -0.39 is 4.92 Å². The van der Waals surface area contributed by atoms with Crippen LogP contribution in [0.25, 0.3) is 0 Å². The van der Waals surface area contributed by atoms with Crippen LogP contribution in [-0.4, -0.2) is 150 Å². The van der Waals surface area contributed by atoms with E-state index >= 15 is 0 Å². The summed E-state index contributed by atoms with van der Waals surface area (Å²) >= 11 is 0. The predicted octanol–water partition coefficient (Wildman–Crippen LogP) is 4.19. The van der Waals surface area contributed by atoms with Gasteiger partial charge < -0.3 is 57.4 Å². The van der Waals surface area contributed by atoms with Gasteiger partial charge in [-0.3, -0.25) is 10.1 Å². The van der Waals surface area contributed by atoms with E-state index in [1.165, 1.54) is 12.1 Å². The Morgan fingerprint density at radius 2 is 0.925 bits per heavy atom. The van der Waals surface area contributed by atoms with Gasteiger partial charge in [-0.1, -0.05) is 13.3 Å². The number of anilines is 1. The van der Waals surface area contributed by atoms with Crippen LogP contribution < -0.4 is 10.1 Å². The van der Waals surface area contributed by atoms with Crippen LogP contribution in [0.4, 0.5) is 11.4 Å². The van der Waals surface area contributed by atoms with Gasteiger partial charge in [-0.05, 0) is 42.8 Å². The first-order valence-corrected chi connectivity index (χ1v) is 18.2. The van der Waals surface area contributed by atoms with Gasteiger partial charge in [0, 0.05) is 24.4 Å². The Balaban J connectivity index is 1.19. The molecule has 0 aliphatic rings. The number of hydrogen-bond acceptors (Lipinski definition) is 15. The molecule has 0 bridgehead atoms. The normalized spacial score (nSPS) is 11.1. The molecule has 16 heteroatoms. The fourth-order valence-electron chi connectivity index (χ4n) is 4.15. The number of ether oxygens (including phenoxy) is 11. The summed E-state index contributed by atoms with van der Waals surface area (Å²) in [6, 6.07) is 13.2. The number of nitrogens with one attached hydrogen (secondary N) is 1. The number of esters is 1. The second-order valence-corrected chi connectivity index (χ2v) is 11.1. The van der Waals surface area contributed by atoms with Gasteiger partial charge in [-0.25, -0.2) is 4.79 Å². The van der Waals surface area contributed by atoms with Crippen molar-refractivity contribution in [3.05, 3.63) is 64.2 Å². The summed E-state index contributed by atoms with van der Waals surface area (Å²) in [6.07, 6.45) is 2.23. The van der Waals surface area contributed by atoms with Crippen LogP contribution in [0.2, 0.25) is 0 Å². The van der Waals surface area contributed by atoms with Crippen LogP contribution in [0.1, 0.15) is 30.1 Å². The summed E-state index contributed by atoms with van der Waals surface area (Å²) in [7, 11) is 0. The van der Waals surface area contributed by atoms with Gasteiger partial charge in [0.15, 0.2) is 0 Å². The average molecular weight is 755 g/mol. The largest absolute Gasteiger partial charge is 0.491 e. The number of hydrogen-bond donors (Lipinski definition) is 1. The molecule has 300 valence electrons. The van der Waals surface area contributed by atoms with Gasteiger partial charge in [-0.15, -0.1) is 0 Å². The summed E-state index contributed by atoms with van der Waals surface area (Å²) in [4.78, 5) is 22.3. The van der Waals surface area contributed by atoms with Gasteiger partial charge in [0.1, 0.15) is 19.0 Å². The maximum absolute atomic E-state index is 12.1. The SMILES string of the molecule is CCCCNc1ccc(C(=O)OCCOCCOCCOCCOCCOCCOCCOCCOCCOCCOc2ccc([N+](=O)[O-])cc2)cc1. The highest BCUT2D eigenvalue weighted by molar-refractivity contribution is 5.89. The highest BCUT2D eigenvalue weighted by atomic mass is 16.6. The van der Waals surface area contributed by atoms with Crippen molar-refractivity contribution in [2.45, 2.75) is 19.8 Å². The molecule has 0 unspecified atom stereocenters. The number of nitro groups is 1. The minimum absolute atomic E-state index is 0.0218. The molecule has 0 heterocycles. The Morgan fingerprint density at radius 1 is 0.547 bits per heavy atom. The van der Waals surface area contributed by atoms with Crippen molar-refractivity contribution in [1.82, 2.24) is 0 Å². The van der Waals surface area contributed by atoms with E-state index in [4.69, 9.17) is 52.1 Å². The Hall–Kier alpha value is -3.45. The third-order valence-electron chi connectivity index (χ3n) is 6.96. The van der Waals surface area contributed by atoms with E-state index in [2.05, 4.69) is 12.2 Å². The zero-order valence-corrected chi connectivity index (χ0v) is 31.0. The summed E-state index contributed by atoms with van der Waals surface area (Å²) in [6.45, 7) is 11.6. The topological polar surface area (TPSA) is 174 Å². The quantitative estimate of drug-likeness (QED) is 0.0450. The number of non-ortho nitro benzene ring substituents is 1. The molecular formula is C37H58N2O14. The number of carbonyl (C=O) groups is 1. The first-order chi connectivity index (χ1) is 26.1. The maximum Gasteiger partial charge on any atom is 0.338 e. The summed E-state index contributed by atoms with van der Waals surface area (Å²) in [5.74, 6) is 0.183. The molecule has 2 rings (SSSR count). The third-order valence-corrected chi connectivity index (χ3v) is 6.96. The average Bonchev–Trinajstić information content (AvgIpc) is 3.17. The van der Waals surface area contributed by atoms with Gasteiger partial charge >= 0.3 is 5.97 Å². The lowest BCUT2D eigenvalue weighted by Gasteiger charge is -2.09. The first-order valence-electron chi connectivity index (χ1n) is 18.2. The molecule has 0 aliphatic heterocycles. The molecule has 2 aromatic rings. The lowest BCUT2D eigenvalue weighted by molar-refractivity contribution is -0.384. The van der Waals surface area contributed by atoms with E-state index in [1.54, 1.807) is 24.3 Å². The number of benzene rings is 2. The molecule has 16 nitrogen and oxygen atoms in total. The fourth-order valence-corrected chi connectivity index (χ4v) is 4.15. The zero-order valence-electron chi connectivity index (χ0n) is 31.0. The molecule has 1 N–H and O–H groups in total. The summed E-state index contributed by atoms with van der Waals surface area (Å²) < 4.78 is 59.9. The number of rotatable bonds is 37. The smallest absolute Gasteiger partial charge is 0.338 e. The van der Waals surface area contributed by atoms with Gasteiger partial charge in [-0.2, -0.15) is 0 Å². The molecule has 0 fully saturated rings. The van der Waals surface area contributed by atoms with Crippen molar-refractivity contribution in [2.24, 2.45) is 0 Å². The van der Waals surface area contributed by atoms with Crippen molar-refractivity contribution in [1.29, 1.82) is 0 Å². The van der Waals surface area contributed by atoms with Gasteiger partial charge in [0.05, 0.1) is 129 Å². The van der Waals surface area contributed by atoms with Crippen molar-refractivity contribution in [2.75, 3.05) is 144 Å². The fraction of sp³-hybridized carbons (Fsp3) is 0.649. The summed E-state index contributed by atoms with van der Waals surface area (Å²) in [5, 5.41) is 14.0. The van der Waals surface area contributed by atoms with Crippen LogP contribution in [-0.2, 0) is 47.4 Å². The lowest BCUT2D eigenvalue weighted by atomic mass is 10.2. The molecule has 53 heavy (non-hydrogen) atoms. The second kappa shape index (κ2) is 33.1. The Bertz CT molecular complexity index is 1160. The van der Waals surface area contributed by atoms with Crippen molar-refractivity contribution in [3.63, 3.8) is 0 Å². The van der Waals surface area contributed by atoms with Gasteiger partial charge in [0.2, 0.25) is 0 Å². The Morgan fingerprint density at radius 3 is 1.30 bits per heavy atom. The van der Waals surface area contributed by atoms with E-state index in [0.717, 1.165) is 25.1 Å². The molecule has 0 aromatic heterocycles. The van der Waals surface area contributed by atoms with Crippen molar-refractivity contribution < 1.29 is 61.8 Å². The molecule has 0 saturated heterocycles. The monoisotopic (exact) mass is 754 g/mol. The highest BCUT2D eigenvalue weighted by Crippen LogP contribution is 2.17. The van der Waals surface area contributed by atoms with Crippen LogP contribution in [0.3, 0.4) is 0 Å². The van der Waals surface area contributed by atoms with E-state index in [0.29, 0.717) is 137 Å². The lowest BCUT2D eigenvalue weighted by Crippen LogP contribution is -2.15.